The van der Waals surface area contributed by atoms with Gasteiger partial charge in [0.1, 0.15) is 31.7 Å². The Morgan fingerprint density at radius 1 is 0.694 bits per heavy atom. The molecule has 190 valence electrons. The summed E-state index contributed by atoms with van der Waals surface area (Å²) in [6.07, 6.45) is -1.32. The number of ether oxygens (including phenoxy) is 4. The Morgan fingerprint density at radius 3 is 1.81 bits per heavy atom. The topological polar surface area (TPSA) is 129 Å². The van der Waals surface area contributed by atoms with Crippen LogP contribution >= 0.6 is 0 Å². The first kappa shape index (κ1) is 26.7. The Hall–Kier alpha value is -3.95. The van der Waals surface area contributed by atoms with E-state index >= 15 is 0 Å². The minimum atomic E-state index is -1.06. The van der Waals surface area contributed by atoms with Gasteiger partial charge in [0.05, 0.1) is 29.9 Å². The molecule has 0 aliphatic heterocycles. The van der Waals surface area contributed by atoms with Crippen molar-refractivity contribution in [2.24, 2.45) is 0 Å². The van der Waals surface area contributed by atoms with Gasteiger partial charge in [0.15, 0.2) is 0 Å². The molecular formula is C27H28O9. The molecule has 2 unspecified atom stereocenters. The SMILES string of the molecule is CCC(O)COC(=O)c1ccc(C(=O)OCC(O)COc2ccc3cc(C(=O)OC)ccc3c2)cc1. The molecule has 3 rings (SSSR count). The third-order valence-electron chi connectivity index (χ3n) is 5.32. The van der Waals surface area contributed by atoms with Gasteiger partial charge < -0.3 is 29.2 Å². The van der Waals surface area contributed by atoms with Gasteiger partial charge in [-0.3, -0.25) is 0 Å². The van der Waals surface area contributed by atoms with Crippen molar-refractivity contribution in [2.75, 3.05) is 26.9 Å². The number of carbonyl (C=O) groups excluding carboxylic acids is 3. The minimum Gasteiger partial charge on any atom is -0.491 e. The van der Waals surface area contributed by atoms with E-state index in [1.165, 1.54) is 31.4 Å². The molecule has 3 aromatic rings. The van der Waals surface area contributed by atoms with Gasteiger partial charge in [0.2, 0.25) is 0 Å². The zero-order valence-electron chi connectivity index (χ0n) is 20.0. The molecule has 9 heteroatoms. The van der Waals surface area contributed by atoms with E-state index in [1.54, 1.807) is 43.3 Å². The van der Waals surface area contributed by atoms with Crippen LogP contribution in [0.2, 0.25) is 0 Å². The summed E-state index contributed by atoms with van der Waals surface area (Å²) in [6.45, 7) is 1.28. The van der Waals surface area contributed by atoms with E-state index in [2.05, 4.69) is 0 Å². The number of fused-ring (bicyclic) bond motifs is 1. The van der Waals surface area contributed by atoms with Gasteiger partial charge in [-0.05, 0) is 65.7 Å². The molecule has 0 aromatic heterocycles. The lowest BCUT2D eigenvalue weighted by Crippen LogP contribution is -2.25. The van der Waals surface area contributed by atoms with E-state index < -0.39 is 30.1 Å². The highest BCUT2D eigenvalue weighted by Gasteiger charge is 2.15. The molecule has 0 fully saturated rings. The molecular weight excluding hydrogens is 468 g/mol. The van der Waals surface area contributed by atoms with Gasteiger partial charge in [-0.1, -0.05) is 19.1 Å². The number of aliphatic hydroxyl groups is 2. The van der Waals surface area contributed by atoms with Gasteiger partial charge in [-0.25, -0.2) is 14.4 Å². The molecule has 0 bridgehead atoms. The highest BCUT2D eigenvalue weighted by molar-refractivity contribution is 5.96. The van der Waals surface area contributed by atoms with Crippen molar-refractivity contribution in [3.63, 3.8) is 0 Å². The molecule has 9 nitrogen and oxygen atoms in total. The number of hydrogen-bond acceptors (Lipinski definition) is 9. The number of aliphatic hydroxyl groups excluding tert-OH is 2. The summed E-state index contributed by atoms with van der Waals surface area (Å²) in [5.74, 6) is -1.18. The Kier molecular flexibility index (Phi) is 9.38. The van der Waals surface area contributed by atoms with Crippen molar-refractivity contribution in [3.05, 3.63) is 77.4 Å². The molecule has 0 aliphatic rings. The Morgan fingerprint density at radius 2 is 1.22 bits per heavy atom. The number of benzene rings is 3. The second-order valence-electron chi connectivity index (χ2n) is 8.02. The summed E-state index contributed by atoms with van der Waals surface area (Å²) in [6, 6.07) is 16.1. The summed E-state index contributed by atoms with van der Waals surface area (Å²) in [7, 11) is 1.32. The van der Waals surface area contributed by atoms with Gasteiger partial charge in [0.25, 0.3) is 0 Å². The predicted molar refractivity (Wildman–Crippen MR) is 130 cm³/mol. The van der Waals surface area contributed by atoms with Crippen LogP contribution in [-0.2, 0) is 14.2 Å². The third kappa shape index (κ3) is 7.27. The van der Waals surface area contributed by atoms with Crippen LogP contribution in [0.5, 0.6) is 5.75 Å². The van der Waals surface area contributed by atoms with Gasteiger partial charge in [-0.2, -0.15) is 0 Å². The average Bonchev–Trinajstić information content (AvgIpc) is 2.92. The lowest BCUT2D eigenvalue weighted by Gasteiger charge is -2.13. The van der Waals surface area contributed by atoms with Crippen molar-refractivity contribution in [1.29, 1.82) is 0 Å². The molecule has 36 heavy (non-hydrogen) atoms. The largest absolute Gasteiger partial charge is 0.491 e. The smallest absolute Gasteiger partial charge is 0.338 e. The first-order chi connectivity index (χ1) is 17.3. The Bertz CT molecular complexity index is 1200. The second-order valence-corrected chi connectivity index (χ2v) is 8.02. The highest BCUT2D eigenvalue weighted by Crippen LogP contribution is 2.22. The van der Waals surface area contributed by atoms with Crippen LogP contribution in [0.4, 0.5) is 0 Å². The lowest BCUT2D eigenvalue weighted by molar-refractivity contribution is 0.0130. The van der Waals surface area contributed by atoms with E-state index in [-0.39, 0.29) is 30.9 Å². The summed E-state index contributed by atoms with van der Waals surface area (Å²) >= 11 is 0. The van der Waals surface area contributed by atoms with Crippen LogP contribution in [0.1, 0.15) is 44.4 Å². The lowest BCUT2D eigenvalue weighted by atomic mass is 10.1. The van der Waals surface area contributed by atoms with E-state index in [1.807, 2.05) is 0 Å². The Balaban J connectivity index is 1.46. The number of rotatable bonds is 11. The summed E-state index contributed by atoms with van der Waals surface area (Å²) in [4.78, 5) is 35.9. The average molecular weight is 497 g/mol. The third-order valence-corrected chi connectivity index (χ3v) is 5.32. The van der Waals surface area contributed by atoms with Crippen LogP contribution in [0.15, 0.2) is 60.7 Å². The minimum absolute atomic E-state index is 0.103. The van der Waals surface area contributed by atoms with Crippen LogP contribution in [0, 0.1) is 0 Å². The fourth-order valence-corrected chi connectivity index (χ4v) is 3.17. The first-order valence-corrected chi connectivity index (χ1v) is 11.4. The highest BCUT2D eigenvalue weighted by atomic mass is 16.6. The van der Waals surface area contributed by atoms with Crippen LogP contribution in [0.3, 0.4) is 0 Å². The number of hydrogen-bond donors (Lipinski definition) is 2. The fourth-order valence-electron chi connectivity index (χ4n) is 3.17. The van der Waals surface area contributed by atoms with E-state index in [4.69, 9.17) is 18.9 Å². The number of esters is 3. The van der Waals surface area contributed by atoms with Crippen LogP contribution < -0.4 is 4.74 Å². The standard InChI is InChI=1S/C27H28O9/c1-3-22(28)14-35-26(31)17-4-6-18(7-5-17)27(32)36-16-23(29)15-34-24-11-10-19-12-21(25(30)33-2)9-8-20(19)13-24/h4-13,22-23,28-29H,3,14-16H2,1-2H3. The molecule has 0 heterocycles. The van der Waals surface area contributed by atoms with Gasteiger partial charge in [0, 0.05) is 0 Å². The van der Waals surface area contributed by atoms with Crippen molar-refractivity contribution in [2.45, 2.75) is 25.6 Å². The van der Waals surface area contributed by atoms with Gasteiger partial charge >= 0.3 is 17.9 Å². The summed E-state index contributed by atoms with van der Waals surface area (Å²) in [5.41, 5.74) is 0.881. The van der Waals surface area contributed by atoms with E-state index in [0.29, 0.717) is 17.7 Å². The molecule has 0 aliphatic carbocycles. The monoisotopic (exact) mass is 496 g/mol. The summed E-state index contributed by atoms with van der Waals surface area (Å²) in [5, 5.41) is 21.3. The van der Waals surface area contributed by atoms with Gasteiger partial charge in [-0.15, -0.1) is 0 Å². The molecule has 0 saturated carbocycles. The quantitative estimate of drug-likeness (QED) is 0.304. The zero-order valence-corrected chi connectivity index (χ0v) is 20.0. The van der Waals surface area contributed by atoms with Crippen LogP contribution in [-0.4, -0.2) is 67.3 Å². The molecule has 2 N–H and O–H groups in total. The van der Waals surface area contributed by atoms with Crippen molar-refractivity contribution in [3.8, 4) is 5.75 Å². The zero-order chi connectivity index (χ0) is 26.1. The van der Waals surface area contributed by atoms with Crippen molar-refractivity contribution in [1.82, 2.24) is 0 Å². The molecule has 3 aromatic carbocycles. The maximum atomic E-state index is 12.2. The molecule has 0 radical (unpaired) electrons. The van der Waals surface area contributed by atoms with Crippen molar-refractivity contribution >= 4 is 28.7 Å². The number of carbonyl (C=O) groups is 3. The molecule has 0 spiro atoms. The first-order valence-electron chi connectivity index (χ1n) is 11.4. The molecule has 2 atom stereocenters. The molecule has 0 saturated heterocycles. The second kappa shape index (κ2) is 12.7. The predicted octanol–water partition coefficient (Wildman–Crippen LogP) is 3.15. The fraction of sp³-hybridized carbons (Fsp3) is 0.296. The van der Waals surface area contributed by atoms with Crippen molar-refractivity contribution < 1.29 is 43.5 Å². The Labute approximate surface area is 208 Å². The van der Waals surface area contributed by atoms with E-state index in [0.717, 1.165) is 10.8 Å². The maximum Gasteiger partial charge on any atom is 0.338 e. The normalized spacial score (nSPS) is 12.4. The maximum absolute atomic E-state index is 12.2. The van der Waals surface area contributed by atoms with Crippen LogP contribution in [0.25, 0.3) is 10.8 Å². The summed E-state index contributed by atoms with van der Waals surface area (Å²) < 4.78 is 20.4. The molecule has 0 amide bonds. The number of methoxy groups -OCH3 is 1. The van der Waals surface area contributed by atoms with E-state index in [9.17, 15) is 24.6 Å².